The van der Waals surface area contributed by atoms with E-state index in [1.807, 2.05) is 0 Å². The lowest BCUT2D eigenvalue weighted by Gasteiger charge is -2.30. The Kier molecular flexibility index (Phi) is 2.27. The van der Waals surface area contributed by atoms with E-state index in [1.54, 1.807) is 0 Å². The molecule has 0 radical (unpaired) electrons. The fourth-order valence-electron chi connectivity index (χ4n) is 0.810. The van der Waals surface area contributed by atoms with E-state index in [0.29, 0.717) is 0 Å². The minimum Gasteiger partial charge on any atom is -0.399 e. The quantitative estimate of drug-likeness (QED) is 0.322. The summed E-state index contributed by atoms with van der Waals surface area (Å²) in [7, 11) is 0. The van der Waals surface area contributed by atoms with Gasteiger partial charge in [0.25, 0.3) is 0 Å². The number of halogens is 2. The predicted octanol–water partition coefficient (Wildman–Crippen LogP) is -0.460. The number of rotatable bonds is 0. The highest BCUT2D eigenvalue weighted by molar-refractivity contribution is 6.33. The normalized spacial score (nSPS) is 28.7. The predicted molar refractivity (Wildman–Crippen MR) is 46.1 cm³/mol. The van der Waals surface area contributed by atoms with Crippen molar-refractivity contribution in [2.75, 3.05) is 0 Å². The number of alkyl halides is 1. The summed E-state index contributed by atoms with van der Waals surface area (Å²) in [5.74, 6) is -2.32. The van der Waals surface area contributed by atoms with Gasteiger partial charge in [0.05, 0.1) is 16.4 Å². The number of allylic oxidation sites excluding steroid dienone is 1. The Labute approximate surface area is 79.1 Å². The van der Waals surface area contributed by atoms with Crippen LogP contribution in [-0.2, 0) is 0 Å². The van der Waals surface area contributed by atoms with E-state index in [4.69, 9.17) is 34.7 Å². The van der Waals surface area contributed by atoms with Crippen molar-refractivity contribution in [1.29, 1.82) is 0 Å². The van der Waals surface area contributed by atoms with Crippen LogP contribution in [0.1, 0.15) is 0 Å². The van der Waals surface area contributed by atoms with Crippen LogP contribution in [0.2, 0.25) is 0 Å². The van der Waals surface area contributed by atoms with Crippen LogP contribution in [0.15, 0.2) is 22.5 Å². The van der Waals surface area contributed by atoms with Gasteiger partial charge in [-0.1, -0.05) is 11.6 Å². The number of aliphatic hydroxyl groups is 2. The van der Waals surface area contributed by atoms with Crippen molar-refractivity contribution in [1.82, 2.24) is 0 Å². The molecule has 68 valence electrons. The van der Waals surface area contributed by atoms with Crippen LogP contribution in [-0.4, -0.2) is 21.4 Å². The molecule has 0 aromatic carbocycles. The van der Waals surface area contributed by atoms with Crippen molar-refractivity contribution in [2.45, 2.75) is 11.2 Å². The maximum absolute atomic E-state index is 9.25. The molecule has 0 saturated carbocycles. The highest BCUT2D eigenvalue weighted by Crippen LogP contribution is 2.33. The molecule has 6 N–H and O–H groups in total. The number of hydrogen-bond donors (Lipinski definition) is 4. The van der Waals surface area contributed by atoms with E-state index in [0.717, 1.165) is 6.08 Å². The Balaban J connectivity index is 3.16. The average molecular weight is 211 g/mol. The van der Waals surface area contributed by atoms with Gasteiger partial charge in [-0.25, -0.2) is 0 Å². The molecule has 4 nitrogen and oxygen atoms in total. The second-order valence-corrected chi connectivity index (χ2v) is 3.34. The van der Waals surface area contributed by atoms with Crippen molar-refractivity contribution in [3.05, 3.63) is 22.5 Å². The van der Waals surface area contributed by atoms with Crippen molar-refractivity contribution >= 4 is 23.2 Å². The van der Waals surface area contributed by atoms with Crippen molar-refractivity contribution in [3.8, 4) is 0 Å². The third-order valence-corrected chi connectivity index (χ3v) is 2.52. The van der Waals surface area contributed by atoms with Crippen LogP contribution in [0.3, 0.4) is 0 Å². The molecule has 0 aliphatic heterocycles. The lowest BCUT2D eigenvalue weighted by atomic mass is 10.0. The van der Waals surface area contributed by atoms with Crippen LogP contribution in [0.5, 0.6) is 0 Å². The number of nitrogens with two attached hydrogens (primary N) is 2. The molecule has 1 atom stereocenters. The molecule has 1 unspecified atom stereocenters. The van der Waals surface area contributed by atoms with E-state index >= 15 is 0 Å². The lowest BCUT2D eigenvalue weighted by Crippen LogP contribution is -2.45. The van der Waals surface area contributed by atoms with Gasteiger partial charge in [0, 0.05) is 0 Å². The number of hydrogen-bond acceptors (Lipinski definition) is 4. The summed E-state index contributed by atoms with van der Waals surface area (Å²) in [4.78, 5) is 0. The van der Waals surface area contributed by atoms with Gasteiger partial charge in [0.15, 0.2) is 0 Å². The van der Waals surface area contributed by atoms with Crippen LogP contribution >= 0.6 is 23.2 Å². The van der Waals surface area contributed by atoms with Crippen LogP contribution in [0.25, 0.3) is 0 Å². The molecule has 0 aromatic heterocycles. The molecule has 1 rings (SSSR count). The first-order chi connectivity index (χ1) is 5.37. The zero-order valence-corrected chi connectivity index (χ0v) is 7.47. The first-order valence-electron chi connectivity index (χ1n) is 3.09. The molecular formula is C6H8Cl2N2O2. The highest BCUT2D eigenvalue weighted by atomic mass is 35.5. The third kappa shape index (κ3) is 1.27. The van der Waals surface area contributed by atoms with E-state index in [-0.39, 0.29) is 16.4 Å². The molecule has 0 saturated heterocycles. The fourth-order valence-corrected chi connectivity index (χ4v) is 1.34. The zero-order chi connectivity index (χ0) is 9.52. The van der Waals surface area contributed by atoms with Gasteiger partial charge in [0.1, 0.15) is 5.38 Å². The maximum Gasteiger partial charge on any atom is 0.223 e. The van der Waals surface area contributed by atoms with Gasteiger partial charge in [-0.2, -0.15) is 0 Å². The summed E-state index contributed by atoms with van der Waals surface area (Å²) in [5.41, 5.74) is 10.9. The van der Waals surface area contributed by atoms with E-state index in [1.165, 1.54) is 0 Å². The smallest absolute Gasteiger partial charge is 0.223 e. The molecule has 0 amide bonds. The Morgan fingerprint density at radius 1 is 1.42 bits per heavy atom. The topological polar surface area (TPSA) is 92.5 Å². The molecule has 0 fully saturated rings. The molecule has 1 aliphatic carbocycles. The molecule has 0 bridgehead atoms. The molecule has 12 heavy (non-hydrogen) atoms. The Bertz CT molecular complexity index is 273. The second kappa shape index (κ2) is 2.81. The summed E-state index contributed by atoms with van der Waals surface area (Å²) in [5, 5.41) is 17.1. The second-order valence-electron chi connectivity index (χ2n) is 2.49. The lowest BCUT2D eigenvalue weighted by molar-refractivity contribution is -0.118. The molecular weight excluding hydrogens is 203 g/mol. The molecule has 0 spiro atoms. The highest BCUT2D eigenvalue weighted by Gasteiger charge is 2.41. The molecule has 0 aromatic rings. The Morgan fingerprint density at radius 3 is 2.42 bits per heavy atom. The monoisotopic (exact) mass is 210 g/mol. The van der Waals surface area contributed by atoms with Crippen LogP contribution in [0, 0.1) is 0 Å². The molecule has 6 heteroatoms. The zero-order valence-electron chi connectivity index (χ0n) is 5.96. The maximum atomic E-state index is 9.25. The fraction of sp³-hybridized carbons (Fsp3) is 0.333. The average Bonchev–Trinajstić information content (AvgIpc) is 1.99. The van der Waals surface area contributed by atoms with Crippen LogP contribution < -0.4 is 11.5 Å². The summed E-state index contributed by atoms with van der Waals surface area (Å²) < 4.78 is 0. The minimum absolute atomic E-state index is 0.00562. The van der Waals surface area contributed by atoms with Crippen LogP contribution in [0.4, 0.5) is 0 Å². The molecule has 1 aliphatic rings. The summed E-state index contributed by atoms with van der Waals surface area (Å²) >= 11 is 11.0. The van der Waals surface area contributed by atoms with Crippen molar-refractivity contribution in [3.63, 3.8) is 0 Å². The first-order valence-corrected chi connectivity index (χ1v) is 3.90. The largest absolute Gasteiger partial charge is 0.399 e. The minimum atomic E-state index is -2.32. The van der Waals surface area contributed by atoms with Crippen molar-refractivity contribution in [2.24, 2.45) is 11.5 Å². The standard InChI is InChI=1S/C6H8Cl2N2O2/c7-3-1-2(9)4(10)5(8)6(3,11)12/h1,5,11-12H,9-10H2. The summed E-state index contributed by atoms with van der Waals surface area (Å²) in [6.45, 7) is 0. The van der Waals surface area contributed by atoms with Gasteiger partial charge in [-0.3, -0.25) is 0 Å². The van der Waals surface area contributed by atoms with Gasteiger partial charge in [-0.15, -0.1) is 11.6 Å². The first kappa shape index (κ1) is 9.67. The van der Waals surface area contributed by atoms with Gasteiger partial charge >= 0.3 is 0 Å². The Hall–Kier alpha value is -0.420. The Morgan fingerprint density at radius 2 is 1.92 bits per heavy atom. The third-order valence-electron chi connectivity index (χ3n) is 1.59. The summed E-state index contributed by atoms with van der Waals surface area (Å²) in [6.07, 6.45) is 1.16. The van der Waals surface area contributed by atoms with Gasteiger partial charge < -0.3 is 21.7 Å². The SMILES string of the molecule is NC1=C(N)C(Cl)C(O)(O)C(Cl)=C1. The van der Waals surface area contributed by atoms with Gasteiger partial charge in [-0.05, 0) is 6.08 Å². The van der Waals surface area contributed by atoms with Gasteiger partial charge in [0.2, 0.25) is 5.79 Å². The van der Waals surface area contributed by atoms with E-state index in [9.17, 15) is 10.2 Å². The van der Waals surface area contributed by atoms with Crippen molar-refractivity contribution < 1.29 is 10.2 Å². The molecule has 0 heterocycles. The van der Waals surface area contributed by atoms with E-state index < -0.39 is 11.2 Å². The summed E-state index contributed by atoms with van der Waals surface area (Å²) in [6, 6.07) is 0. The van der Waals surface area contributed by atoms with E-state index in [2.05, 4.69) is 0 Å².